The Morgan fingerprint density at radius 3 is 2.74 bits per heavy atom. The molecule has 0 spiro atoms. The minimum absolute atomic E-state index is 0.0993. The zero-order valence-electron chi connectivity index (χ0n) is 11.6. The summed E-state index contributed by atoms with van der Waals surface area (Å²) in [6.45, 7) is 3.96. The van der Waals surface area contributed by atoms with E-state index in [-0.39, 0.29) is 5.91 Å². The van der Waals surface area contributed by atoms with Gasteiger partial charge in [0.2, 0.25) is 5.91 Å². The molecule has 3 N–H and O–H groups in total. The molecule has 106 valence electrons. The van der Waals surface area contributed by atoms with Gasteiger partial charge in [0.1, 0.15) is 0 Å². The van der Waals surface area contributed by atoms with Crippen LogP contribution in [0.15, 0.2) is 18.2 Å². The highest BCUT2D eigenvalue weighted by molar-refractivity contribution is 7.84. The van der Waals surface area contributed by atoms with Gasteiger partial charge < -0.3 is 11.1 Å². The van der Waals surface area contributed by atoms with E-state index in [0.717, 1.165) is 24.1 Å². The first-order valence-electron chi connectivity index (χ1n) is 6.54. The number of aryl methyl sites for hydroxylation is 1. The number of anilines is 2. The minimum Gasteiger partial charge on any atom is -0.399 e. The molecule has 0 saturated heterocycles. The number of carbonyl (C=O) groups is 1. The van der Waals surface area contributed by atoms with Gasteiger partial charge in [-0.1, -0.05) is 13.3 Å². The molecule has 0 radical (unpaired) electrons. The number of unbranched alkanes of at least 4 members (excludes halogenated alkanes) is 1. The predicted molar refractivity (Wildman–Crippen MR) is 81.6 cm³/mol. The number of amides is 1. The molecule has 0 heterocycles. The van der Waals surface area contributed by atoms with Gasteiger partial charge in [-0.15, -0.1) is 0 Å². The Bertz CT molecular complexity index is 461. The number of hydrogen-bond donors (Lipinski definition) is 2. The van der Waals surface area contributed by atoms with Gasteiger partial charge >= 0.3 is 0 Å². The van der Waals surface area contributed by atoms with E-state index in [2.05, 4.69) is 12.2 Å². The zero-order chi connectivity index (χ0) is 14.3. The second-order valence-corrected chi connectivity index (χ2v) is 6.27. The van der Waals surface area contributed by atoms with Crippen molar-refractivity contribution in [2.75, 3.05) is 22.6 Å². The van der Waals surface area contributed by atoms with Gasteiger partial charge in [-0.25, -0.2) is 0 Å². The summed E-state index contributed by atoms with van der Waals surface area (Å²) >= 11 is 0. The number of nitrogen functional groups attached to an aromatic ring is 1. The molecule has 0 bridgehead atoms. The fourth-order valence-corrected chi connectivity index (χ4v) is 2.88. The number of nitrogens with two attached hydrogens (primary N) is 1. The third kappa shape index (κ3) is 5.87. The summed E-state index contributed by atoms with van der Waals surface area (Å²) < 4.78 is 11.6. The highest BCUT2D eigenvalue weighted by Gasteiger charge is 2.07. The van der Waals surface area contributed by atoms with Crippen molar-refractivity contribution in [3.8, 4) is 0 Å². The Balaban J connectivity index is 2.41. The molecule has 5 heteroatoms. The van der Waals surface area contributed by atoms with E-state index in [1.165, 1.54) is 0 Å². The smallest absolute Gasteiger partial charge is 0.225 e. The Morgan fingerprint density at radius 1 is 1.37 bits per heavy atom. The van der Waals surface area contributed by atoms with Gasteiger partial charge in [0.25, 0.3) is 0 Å². The average molecular weight is 282 g/mol. The van der Waals surface area contributed by atoms with Crippen LogP contribution in [0.5, 0.6) is 0 Å². The van der Waals surface area contributed by atoms with Crippen LogP contribution in [0.25, 0.3) is 0 Å². The normalized spacial score (nSPS) is 12.1. The van der Waals surface area contributed by atoms with Crippen molar-refractivity contribution in [1.29, 1.82) is 0 Å². The van der Waals surface area contributed by atoms with Crippen molar-refractivity contribution >= 4 is 28.1 Å². The molecule has 19 heavy (non-hydrogen) atoms. The van der Waals surface area contributed by atoms with E-state index < -0.39 is 10.8 Å². The molecule has 1 unspecified atom stereocenters. The lowest BCUT2D eigenvalue weighted by Gasteiger charge is -2.09. The monoisotopic (exact) mass is 282 g/mol. The van der Waals surface area contributed by atoms with Crippen molar-refractivity contribution in [1.82, 2.24) is 0 Å². The van der Waals surface area contributed by atoms with Crippen LogP contribution >= 0.6 is 0 Å². The predicted octanol–water partition coefficient (Wildman–Crippen LogP) is 2.45. The lowest BCUT2D eigenvalue weighted by atomic mass is 10.2. The standard InChI is InChI=1S/C14H22N2O2S/c1-3-4-8-19(18)9-7-14(17)16-13-6-5-12(15)10-11(13)2/h5-6,10H,3-4,7-9,15H2,1-2H3,(H,16,17). The van der Waals surface area contributed by atoms with E-state index in [1.54, 1.807) is 12.1 Å². The second-order valence-electron chi connectivity index (χ2n) is 4.57. The first kappa shape index (κ1) is 15.7. The quantitative estimate of drug-likeness (QED) is 0.755. The summed E-state index contributed by atoms with van der Waals surface area (Å²) in [7, 11) is -0.888. The molecule has 0 fully saturated rings. The first-order chi connectivity index (χ1) is 9.02. The van der Waals surface area contributed by atoms with Crippen LogP contribution < -0.4 is 11.1 Å². The molecule has 1 aromatic carbocycles. The molecule has 1 aromatic rings. The summed E-state index contributed by atoms with van der Waals surface area (Å²) in [6, 6.07) is 5.35. The van der Waals surface area contributed by atoms with Gasteiger partial charge in [0, 0.05) is 40.1 Å². The van der Waals surface area contributed by atoms with Gasteiger partial charge in [-0.3, -0.25) is 9.00 Å². The third-order valence-electron chi connectivity index (χ3n) is 2.81. The number of rotatable bonds is 7. The molecule has 0 saturated carbocycles. The lowest BCUT2D eigenvalue weighted by Crippen LogP contribution is -2.16. The molecular formula is C14H22N2O2S. The summed E-state index contributed by atoms with van der Waals surface area (Å²) in [5.41, 5.74) is 8.02. The topological polar surface area (TPSA) is 72.2 Å². The van der Waals surface area contributed by atoms with E-state index in [1.807, 2.05) is 13.0 Å². The van der Waals surface area contributed by atoms with Gasteiger partial charge in [-0.05, 0) is 37.1 Å². The van der Waals surface area contributed by atoms with Crippen molar-refractivity contribution < 1.29 is 9.00 Å². The maximum atomic E-state index is 11.8. The van der Waals surface area contributed by atoms with Crippen molar-refractivity contribution in [3.05, 3.63) is 23.8 Å². The van der Waals surface area contributed by atoms with Crippen LogP contribution in [-0.2, 0) is 15.6 Å². The van der Waals surface area contributed by atoms with Crippen LogP contribution in [-0.4, -0.2) is 21.6 Å². The molecule has 1 rings (SSSR count). The molecule has 0 aliphatic rings. The van der Waals surface area contributed by atoms with E-state index >= 15 is 0 Å². The molecule has 0 aliphatic heterocycles. The SMILES string of the molecule is CCCCS(=O)CCC(=O)Nc1ccc(N)cc1C. The van der Waals surface area contributed by atoms with E-state index in [9.17, 15) is 9.00 Å². The Morgan fingerprint density at radius 2 is 2.11 bits per heavy atom. The van der Waals surface area contributed by atoms with Gasteiger partial charge in [0.05, 0.1) is 0 Å². The lowest BCUT2D eigenvalue weighted by molar-refractivity contribution is -0.115. The molecule has 4 nitrogen and oxygen atoms in total. The van der Waals surface area contributed by atoms with Crippen molar-refractivity contribution in [2.45, 2.75) is 33.1 Å². The fourth-order valence-electron chi connectivity index (χ4n) is 1.65. The van der Waals surface area contributed by atoms with Crippen LogP contribution in [0.2, 0.25) is 0 Å². The fraction of sp³-hybridized carbons (Fsp3) is 0.500. The van der Waals surface area contributed by atoms with Crippen LogP contribution in [0.3, 0.4) is 0 Å². The second kappa shape index (κ2) is 7.94. The Hall–Kier alpha value is -1.36. The number of benzene rings is 1. The minimum atomic E-state index is -0.888. The summed E-state index contributed by atoms with van der Waals surface area (Å²) in [6.07, 6.45) is 2.27. The zero-order valence-corrected chi connectivity index (χ0v) is 12.4. The maximum Gasteiger partial charge on any atom is 0.225 e. The van der Waals surface area contributed by atoms with Crippen molar-refractivity contribution in [2.24, 2.45) is 0 Å². The molecular weight excluding hydrogens is 260 g/mol. The van der Waals surface area contributed by atoms with Crippen LogP contribution in [0.4, 0.5) is 11.4 Å². The summed E-state index contributed by atoms with van der Waals surface area (Å²) in [4.78, 5) is 11.8. The highest BCUT2D eigenvalue weighted by atomic mass is 32.2. The third-order valence-corrected chi connectivity index (χ3v) is 4.21. The summed E-state index contributed by atoms with van der Waals surface area (Å²) in [5, 5.41) is 2.82. The largest absolute Gasteiger partial charge is 0.399 e. The molecule has 0 aliphatic carbocycles. The van der Waals surface area contributed by atoms with E-state index in [0.29, 0.717) is 23.6 Å². The van der Waals surface area contributed by atoms with Crippen LogP contribution in [0.1, 0.15) is 31.7 Å². The number of carbonyl (C=O) groups excluding carboxylic acids is 1. The highest BCUT2D eigenvalue weighted by Crippen LogP contribution is 2.17. The van der Waals surface area contributed by atoms with E-state index in [4.69, 9.17) is 5.73 Å². The van der Waals surface area contributed by atoms with Gasteiger partial charge in [0.15, 0.2) is 0 Å². The van der Waals surface area contributed by atoms with Crippen LogP contribution in [0, 0.1) is 6.92 Å². The Kier molecular flexibility index (Phi) is 6.56. The number of hydrogen-bond acceptors (Lipinski definition) is 3. The average Bonchev–Trinajstić information content (AvgIpc) is 2.37. The first-order valence-corrected chi connectivity index (χ1v) is 8.02. The molecule has 1 amide bonds. The van der Waals surface area contributed by atoms with Crippen molar-refractivity contribution in [3.63, 3.8) is 0 Å². The van der Waals surface area contributed by atoms with Gasteiger partial charge in [-0.2, -0.15) is 0 Å². The summed E-state index contributed by atoms with van der Waals surface area (Å²) in [5.74, 6) is 1.02. The molecule has 1 atom stereocenters. The molecule has 0 aromatic heterocycles. The maximum absolute atomic E-state index is 11.8. The number of nitrogens with one attached hydrogen (secondary N) is 1. The Labute approximate surface area is 117 Å².